The highest BCUT2D eigenvalue weighted by molar-refractivity contribution is 9.10. The summed E-state index contributed by atoms with van der Waals surface area (Å²) in [5.74, 6) is 0. The number of unbranched alkanes of at least 4 members (excludes halogenated alkanes) is 2. The van der Waals surface area contributed by atoms with Gasteiger partial charge in [-0.15, -0.1) is 0 Å². The lowest BCUT2D eigenvalue weighted by atomic mass is 10.2. The fourth-order valence-electron chi connectivity index (χ4n) is 1.97. The standard InChI is InChI=1S/C13H24BrN3/c1-5-6-7-8-15-9-10(2)17-12(4)13(14)11(3)16-17/h10,15H,5-9H2,1-4H3. The van der Waals surface area contributed by atoms with E-state index in [2.05, 4.69) is 51.8 Å². The summed E-state index contributed by atoms with van der Waals surface area (Å²) < 4.78 is 3.24. The fraction of sp³-hybridized carbons (Fsp3) is 0.769. The second kappa shape index (κ2) is 7.17. The van der Waals surface area contributed by atoms with Crippen molar-refractivity contribution in [2.24, 2.45) is 0 Å². The molecule has 0 aliphatic heterocycles. The Balaban J connectivity index is 2.41. The smallest absolute Gasteiger partial charge is 0.0738 e. The van der Waals surface area contributed by atoms with Crippen molar-refractivity contribution in [3.05, 3.63) is 15.9 Å². The van der Waals surface area contributed by atoms with Gasteiger partial charge in [0.05, 0.1) is 21.9 Å². The van der Waals surface area contributed by atoms with Crippen LogP contribution in [-0.4, -0.2) is 22.9 Å². The number of nitrogens with zero attached hydrogens (tertiary/aromatic N) is 2. The van der Waals surface area contributed by atoms with Crippen LogP contribution in [0.25, 0.3) is 0 Å². The zero-order valence-electron chi connectivity index (χ0n) is 11.4. The van der Waals surface area contributed by atoms with Crippen LogP contribution in [0, 0.1) is 13.8 Å². The molecule has 0 bridgehead atoms. The predicted molar refractivity (Wildman–Crippen MR) is 76.5 cm³/mol. The normalized spacial score (nSPS) is 13.0. The molecule has 0 aromatic carbocycles. The lowest BCUT2D eigenvalue weighted by Gasteiger charge is -2.15. The molecule has 1 heterocycles. The number of rotatable bonds is 7. The molecule has 1 aromatic rings. The molecule has 3 nitrogen and oxygen atoms in total. The summed E-state index contributed by atoms with van der Waals surface area (Å²) in [5, 5.41) is 8.05. The number of aryl methyl sites for hydroxylation is 1. The first-order valence-electron chi connectivity index (χ1n) is 6.49. The monoisotopic (exact) mass is 301 g/mol. The molecular formula is C13H24BrN3. The van der Waals surface area contributed by atoms with Crippen LogP contribution in [0.1, 0.15) is 50.5 Å². The minimum atomic E-state index is 0.404. The molecular weight excluding hydrogens is 278 g/mol. The SMILES string of the molecule is CCCCCNCC(C)n1nc(C)c(Br)c1C. The first kappa shape index (κ1) is 14.7. The van der Waals surface area contributed by atoms with Gasteiger partial charge in [0.1, 0.15) is 0 Å². The Bertz CT molecular complexity index is 347. The van der Waals surface area contributed by atoms with E-state index in [1.54, 1.807) is 0 Å². The Morgan fingerprint density at radius 3 is 2.59 bits per heavy atom. The highest BCUT2D eigenvalue weighted by atomic mass is 79.9. The van der Waals surface area contributed by atoms with Crippen molar-refractivity contribution in [1.29, 1.82) is 0 Å². The van der Waals surface area contributed by atoms with Crippen molar-refractivity contribution in [3.8, 4) is 0 Å². The van der Waals surface area contributed by atoms with Gasteiger partial charge in [0, 0.05) is 6.54 Å². The van der Waals surface area contributed by atoms with Crippen LogP contribution < -0.4 is 5.32 Å². The predicted octanol–water partition coefficient (Wildman–Crippen LogP) is 3.60. The molecule has 0 aliphatic rings. The first-order chi connectivity index (χ1) is 8.07. The molecule has 17 heavy (non-hydrogen) atoms. The molecule has 1 atom stereocenters. The van der Waals surface area contributed by atoms with Crippen LogP contribution >= 0.6 is 15.9 Å². The van der Waals surface area contributed by atoms with Gasteiger partial charge in [-0.05, 0) is 49.7 Å². The van der Waals surface area contributed by atoms with E-state index >= 15 is 0 Å². The van der Waals surface area contributed by atoms with Crippen LogP contribution in [-0.2, 0) is 0 Å². The average Bonchev–Trinajstić information content (AvgIpc) is 2.56. The minimum Gasteiger partial charge on any atom is -0.315 e. The van der Waals surface area contributed by atoms with Crippen LogP contribution in [0.4, 0.5) is 0 Å². The third-order valence-electron chi connectivity index (χ3n) is 3.05. The largest absolute Gasteiger partial charge is 0.315 e. The van der Waals surface area contributed by atoms with Gasteiger partial charge < -0.3 is 5.32 Å². The van der Waals surface area contributed by atoms with Crippen LogP contribution in [0.2, 0.25) is 0 Å². The van der Waals surface area contributed by atoms with Crippen molar-refractivity contribution >= 4 is 15.9 Å². The van der Waals surface area contributed by atoms with E-state index in [4.69, 9.17) is 0 Å². The second-order valence-corrected chi connectivity index (χ2v) is 5.48. The van der Waals surface area contributed by atoms with E-state index in [0.717, 1.165) is 23.3 Å². The Hall–Kier alpha value is -0.350. The molecule has 0 amide bonds. The molecule has 1 aromatic heterocycles. The molecule has 1 N–H and O–H groups in total. The minimum absolute atomic E-state index is 0.404. The molecule has 0 aliphatic carbocycles. The molecule has 98 valence electrons. The second-order valence-electron chi connectivity index (χ2n) is 4.69. The van der Waals surface area contributed by atoms with Gasteiger partial charge in [0.2, 0.25) is 0 Å². The Morgan fingerprint density at radius 2 is 2.06 bits per heavy atom. The lowest BCUT2D eigenvalue weighted by Crippen LogP contribution is -2.25. The Kier molecular flexibility index (Phi) is 6.20. The molecule has 1 unspecified atom stereocenters. The average molecular weight is 302 g/mol. The Labute approximate surface area is 113 Å². The summed E-state index contributed by atoms with van der Waals surface area (Å²) >= 11 is 3.57. The lowest BCUT2D eigenvalue weighted by molar-refractivity contribution is 0.440. The highest BCUT2D eigenvalue weighted by Gasteiger charge is 2.13. The maximum Gasteiger partial charge on any atom is 0.0738 e. The zero-order chi connectivity index (χ0) is 12.8. The van der Waals surface area contributed by atoms with Gasteiger partial charge in [0.15, 0.2) is 0 Å². The van der Waals surface area contributed by atoms with Gasteiger partial charge in [-0.3, -0.25) is 4.68 Å². The third kappa shape index (κ3) is 4.11. The Morgan fingerprint density at radius 1 is 1.35 bits per heavy atom. The summed E-state index contributed by atoms with van der Waals surface area (Å²) in [5.41, 5.74) is 2.28. The van der Waals surface area contributed by atoms with E-state index in [0.29, 0.717) is 6.04 Å². The fourth-order valence-corrected chi connectivity index (χ4v) is 2.23. The summed E-state index contributed by atoms with van der Waals surface area (Å²) in [6.45, 7) is 10.7. The number of nitrogens with one attached hydrogen (secondary N) is 1. The molecule has 0 fully saturated rings. The van der Waals surface area contributed by atoms with E-state index in [-0.39, 0.29) is 0 Å². The summed E-state index contributed by atoms with van der Waals surface area (Å²) in [7, 11) is 0. The van der Waals surface area contributed by atoms with Gasteiger partial charge in [0.25, 0.3) is 0 Å². The molecule has 0 radical (unpaired) electrons. The molecule has 1 rings (SSSR count). The van der Waals surface area contributed by atoms with E-state index < -0.39 is 0 Å². The van der Waals surface area contributed by atoms with Gasteiger partial charge in [-0.2, -0.15) is 5.10 Å². The molecule has 0 saturated carbocycles. The molecule has 0 saturated heterocycles. The van der Waals surface area contributed by atoms with Gasteiger partial charge in [-0.1, -0.05) is 19.8 Å². The van der Waals surface area contributed by atoms with E-state index in [1.807, 2.05) is 6.92 Å². The number of hydrogen-bond donors (Lipinski definition) is 1. The zero-order valence-corrected chi connectivity index (χ0v) is 13.0. The molecule has 4 heteroatoms. The highest BCUT2D eigenvalue weighted by Crippen LogP contribution is 2.22. The summed E-state index contributed by atoms with van der Waals surface area (Å²) in [6, 6.07) is 0.404. The topological polar surface area (TPSA) is 29.9 Å². The summed E-state index contributed by atoms with van der Waals surface area (Å²) in [4.78, 5) is 0. The number of hydrogen-bond acceptors (Lipinski definition) is 2. The van der Waals surface area contributed by atoms with Gasteiger partial charge in [-0.25, -0.2) is 0 Å². The first-order valence-corrected chi connectivity index (χ1v) is 7.29. The van der Waals surface area contributed by atoms with Crippen molar-refractivity contribution in [3.63, 3.8) is 0 Å². The maximum absolute atomic E-state index is 4.55. The van der Waals surface area contributed by atoms with Crippen molar-refractivity contribution in [2.75, 3.05) is 13.1 Å². The van der Waals surface area contributed by atoms with Crippen molar-refractivity contribution in [2.45, 2.75) is 53.0 Å². The summed E-state index contributed by atoms with van der Waals surface area (Å²) in [6.07, 6.45) is 3.86. The molecule has 0 spiro atoms. The quantitative estimate of drug-likeness (QED) is 0.780. The maximum atomic E-state index is 4.55. The van der Waals surface area contributed by atoms with Crippen LogP contribution in [0.3, 0.4) is 0 Å². The van der Waals surface area contributed by atoms with Crippen LogP contribution in [0.5, 0.6) is 0 Å². The van der Waals surface area contributed by atoms with Crippen molar-refractivity contribution < 1.29 is 0 Å². The third-order valence-corrected chi connectivity index (χ3v) is 4.20. The van der Waals surface area contributed by atoms with E-state index in [1.165, 1.54) is 25.0 Å². The van der Waals surface area contributed by atoms with Crippen molar-refractivity contribution in [1.82, 2.24) is 15.1 Å². The number of halogens is 1. The van der Waals surface area contributed by atoms with E-state index in [9.17, 15) is 0 Å². The van der Waals surface area contributed by atoms with Gasteiger partial charge >= 0.3 is 0 Å². The number of aromatic nitrogens is 2. The van der Waals surface area contributed by atoms with Crippen LogP contribution in [0.15, 0.2) is 4.47 Å².